The van der Waals surface area contributed by atoms with Gasteiger partial charge in [-0.15, -0.1) is 0 Å². The van der Waals surface area contributed by atoms with Gasteiger partial charge in [0.15, 0.2) is 0 Å². The standard InChI is InChI=1S/C16H18FNO2/c17-15-4-3-13(10-18)14(9-15)11-20-16-5-1-12(2-6-16)7-8-19/h1-6,9,19H,7-8,10-11,18H2. The fourth-order valence-corrected chi connectivity index (χ4v) is 1.97. The first-order chi connectivity index (χ1) is 9.72. The molecule has 0 saturated carbocycles. The molecule has 2 aromatic rings. The van der Waals surface area contributed by atoms with E-state index in [9.17, 15) is 4.39 Å². The lowest BCUT2D eigenvalue weighted by molar-refractivity contribution is 0.298. The molecule has 0 spiro atoms. The van der Waals surface area contributed by atoms with E-state index in [1.165, 1.54) is 12.1 Å². The lowest BCUT2D eigenvalue weighted by Gasteiger charge is -2.10. The highest BCUT2D eigenvalue weighted by molar-refractivity contribution is 5.30. The molecule has 0 aliphatic rings. The van der Waals surface area contributed by atoms with Gasteiger partial charge in [-0.3, -0.25) is 0 Å². The molecule has 0 bridgehead atoms. The van der Waals surface area contributed by atoms with Crippen LogP contribution in [0, 0.1) is 5.82 Å². The Morgan fingerprint density at radius 3 is 2.45 bits per heavy atom. The Balaban J connectivity index is 2.02. The minimum Gasteiger partial charge on any atom is -0.489 e. The zero-order valence-corrected chi connectivity index (χ0v) is 11.2. The van der Waals surface area contributed by atoms with Crippen molar-refractivity contribution in [3.05, 3.63) is 65.0 Å². The van der Waals surface area contributed by atoms with Crippen molar-refractivity contribution in [2.45, 2.75) is 19.6 Å². The van der Waals surface area contributed by atoms with Gasteiger partial charge in [-0.1, -0.05) is 18.2 Å². The minimum absolute atomic E-state index is 0.128. The summed E-state index contributed by atoms with van der Waals surface area (Å²) < 4.78 is 18.9. The van der Waals surface area contributed by atoms with Gasteiger partial charge in [-0.25, -0.2) is 4.39 Å². The van der Waals surface area contributed by atoms with Crippen LogP contribution < -0.4 is 10.5 Å². The maximum atomic E-state index is 13.2. The second-order valence-electron chi connectivity index (χ2n) is 4.52. The summed E-state index contributed by atoms with van der Waals surface area (Å²) in [6.07, 6.45) is 0.626. The molecule has 0 atom stereocenters. The maximum absolute atomic E-state index is 13.2. The number of aliphatic hydroxyl groups is 1. The van der Waals surface area contributed by atoms with Crippen molar-refractivity contribution in [3.8, 4) is 5.75 Å². The van der Waals surface area contributed by atoms with Gasteiger partial charge in [-0.05, 0) is 47.4 Å². The predicted molar refractivity (Wildman–Crippen MR) is 75.9 cm³/mol. The average Bonchev–Trinajstić information content (AvgIpc) is 2.47. The van der Waals surface area contributed by atoms with Gasteiger partial charge >= 0.3 is 0 Å². The monoisotopic (exact) mass is 275 g/mol. The summed E-state index contributed by atoms with van der Waals surface area (Å²) in [5, 5.41) is 8.85. The Labute approximate surface area is 117 Å². The van der Waals surface area contributed by atoms with Gasteiger partial charge in [0, 0.05) is 13.2 Å². The van der Waals surface area contributed by atoms with E-state index >= 15 is 0 Å². The van der Waals surface area contributed by atoms with Crippen LogP contribution in [-0.2, 0) is 19.6 Å². The number of rotatable bonds is 6. The summed E-state index contributed by atoms with van der Waals surface area (Å²) in [5.74, 6) is 0.415. The van der Waals surface area contributed by atoms with Crippen LogP contribution in [0.1, 0.15) is 16.7 Å². The van der Waals surface area contributed by atoms with E-state index in [-0.39, 0.29) is 19.0 Å². The lowest BCUT2D eigenvalue weighted by atomic mass is 10.1. The van der Waals surface area contributed by atoms with Crippen molar-refractivity contribution in [1.82, 2.24) is 0 Å². The summed E-state index contributed by atoms with van der Waals surface area (Å²) in [5.41, 5.74) is 8.30. The van der Waals surface area contributed by atoms with Crippen LogP contribution >= 0.6 is 0 Å². The molecule has 20 heavy (non-hydrogen) atoms. The molecule has 106 valence electrons. The van der Waals surface area contributed by atoms with Crippen molar-refractivity contribution >= 4 is 0 Å². The van der Waals surface area contributed by atoms with Crippen molar-refractivity contribution in [3.63, 3.8) is 0 Å². The third-order valence-electron chi connectivity index (χ3n) is 3.11. The molecule has 0 unspecified atom stereocenters. The molecule has 0 fully saturated rings. The summed E-state index contributed by atoms with van der Waals surface area (Å²) in [6.45, 7) is 0.765. The summed E-state index contributed by atoms with van der Waals surface area (Å²) in [7, 11) is 0. The molecular weight excluding hydrogens is 257 g/mol. The number of ether oxygens (including phenoxy) is 1. The summed E-state index contributed by atoms with van der Waals surface area (Å²) >= 11 is 0. The van der Waals surface area contributed by atoms with Crippen LogP contribution in [0.5, 0.6) is 5.75 Å². The highest BCUT2D eigenvalue weighted by atomic mass is 19.1. The molecule has 0 saturated heterocycles. The van der Waals surface area contributed by atoms with Crippen LogP contribution in [0.15, 0.2) is 42.5 Å². The molecular formula is C16H18FNO2. The van der Waals surface area contributed by atoms with E-state index in [2.05, 4.69) is 0 Å². The second kappa shape index (κ2) is 7.03. The third kappa shape index (κ3) is 3.79. The Kier molecular flexibility index (Phi) is 5.09. The number of nitrogens with two attached hydrogens (primary N) is 1. The smallest absolute Gasteiger partial charge is 0.123 e. The minimum atomic E-state index is -0.293. The van der Waals surface area contributed by atoms with Crippen LogP contribution in [-0.4, -0.2) is 11.7 Å². The van der Waals surface area contributed by atoms with Gasteiger partial charge in [-0.2, -0.15) is 0 Å². The molecule has 0 heterocycles. The molecule has 0 aromatic heterocycles. The first-order valence-electron chi connectivity index (χ1n) is 6.53. The first-order valence-corrected chi connectivity index (χ1v) is 6.53. The van der Waals surface area contributed by atoms with E-state index in [0.717, 1.165) is 16.7 Å². The summed E-state index contributed by atoms with van der Waals surface area (Å²) in [6, 6.07) is 12.0. The number of hydrogen-bond acceptors (Lipinski definition) is 3. The van der Waals surface area contributed by atoms with Gasteiger partial charge < -0.3 is 15.6 Å². The largest absolute Gasteiger partial charge is 0.489 e. The summed E-state index contributed by atoms with van der Waals surface area (Å²) in [4.78, 5) is 0. The third-order valence-corrected chi connectivity index (χ3v) is 3.11. The Morgan fingerprint density at radius 1 is 1.05 bits per heavy atom. The van der Waals surface area contributed by atoms with E-state index in [1.54, 1.807) is 6.07 Å². The number of aliphatic hydroxyl groups excluding tert-OH is 1. The molecule has 2 rings (SSSR count). The fourth-order valence-electron chi connectivity index (χ4n) is 1.97. The van der Waals surface area contributed by atoms with Crippen LogP contribution in [0.2, 0.25) is 0 Å². The normalized spacial score (nSPS) is 10.6. The van der Waals surface area contributed by atoms with Gasteiger partial charge in [0.05, 0.1) is 0 Å². The van der Waals surface area contributed by atoms with E-state index in [0.29, 0.717) is 18.7 Å². The zero-order chi connectivity index (χ0) is 14.4. The van der Waals surface area contributed by atoms with Gasteiger partial charge in [0.25, 0.3) is 0 Å². The van der Waals surface area contributed by atoms with Crippen molar-refractivity contribution in [2.75, 3.05) is 6.61 Å². The van der Waals surface area contributed by atoms with E-state index in [4.69, 9.17) is 15.6 Å². The molecule has 0 aliphatic heterocycles. The molecule has 3 N–H and O–H groups in total. The van der Waals surface area contributed by atoms with Gasteiger partial charge in [0.2, 0.25) is 0 Å². The average molecular weight is 275 g/mol. The zero-order valence-electron chi connectivity index (χ0n) is 11.2. The number of hydrogen-bond donors (Lipinski definition) is 2. The second-order valence-corrected chi connectivity index (χ2v) is 4.52. The van der Waals surface area contributed by atoms with Crippen LogP contribution in [0.25, 0.3) is 0 Å². The number of halogens is 1. The van der Waals surface area contributed by atoms with Crippen LogP contribution in [0.4, 0.5) is 4.39 Å². The van der Waals surface area contributed by atoms with Crippen molar-refractivity contribution in [1.29, 1.82) is 0 Å². The predicted octanol–water partition coefficient (Wildman–Crippen LogP) is 2.40. The Hall–Kier alpha value is -1.91. The van der Waals surface area contributed by atoms with Gasteiger partial charge in [0.1, 0.15) is 18.2 Å². The van der Waals surface area contributed by atoms with E-state index in [1.807, 2.05) is 24.3 Å². The van der Waals surface area contributed by atoms with Crippen molar-refractivity contribution in [2.24, 2.45) is 5.73 Å². The highest BCUT2D eigenvalue weighted by Crippen LogP contribution is 2.17. The topological polar surface area (TPSA) is 55.5 Å². The molecule has 2 aromatic carbocycles. The SMILES string of the molecule is NCc1ccc(F)cc1COc1ccc(CCO)cc1. The maximum Gasteiger partial charge on any atom is 0.123 e. The molecule has 0 aliphatic carbocycles. The molecule has 4 heteroatoms. The molecule has 0 radical (unpaired) electrons. The van der Waals surface area contributed by atoms with Crippen molar-refractivity contribution < 1.29 is 14.2 Å². The highest BCUT2D eigenvalue weighted by Gasteiger charge is 2.04. The number of benzene rings is 2. The van der Waals surface area contributed by atoms with Crippen LogP contribution in [0.3, 0.4) is 0 Å². The quantitative estimate of drug-likeness (QED) is 0.851. The first kappa shape index (κ1) is 14.5. The molecule has 0 amide bonds. The molecule has 3 nitrogen and oxygen atoms in total. The fraction of sp³-hybridized carbons (Fsp3) is 0.250. The van der Waals surface area contributed by atoms with E-state index < -0.39 is 0 Å². The lowest BCUT2D eigenvalue weighted by Crippen LogP contribution is -2.05. The Bertz CT molecular complexity index is 555. The Morgan fingerprint density at radius 2 is 1.80 bits per heavy atom.